The van der Waals surface area contributed by atoms with E-state index >= 15 is 0 Å². The molecule has 16 heavy (non-hydrogen) atoms. The number of carboxylic acids is 1. The van der Waals surface area contributed by atoms with Crippen molar-refractivity contribution < 1.29 is 14.6 Å². The van der Waals surface area contributed by atoms with E-state index in [-0.39, 0.29) is 22.9 Å². The zero-order valence-corrected chi connectivity index (χ0v) is 10.4. The fourth-order valence-electron chi connectivity index (χ4n) is 2.56. The van der Waals surface area contributed by atoms with Gasteiger partial charge in [-0.15, -0.1) is 0 Å². The number of rotatable bonds is 3. The van der Waals surface area contributed by atoms with Crippen LogP contribution in [-0.4, -0.2) is 23.2 Å². The fraction of sp³-hybridized carbons (Fsp3) is 0.750. The predicted octanol–water partition coefficient (Wildman–Crippen LogP) is 0.576. The Labute approximate surface area is 96.7 Å². The van der Waals surface area contributed by atoms with E-state index in [1.807, 2.05) is 0 Å². The molecule has 0 aliphatic carbocycles. The summed E-state index contributed by atoms with van der Waals surface area (Å²) < 4.78 is 5.33. The highest BCUT2D eigenvalue weighted by Crippen LogP contribution is 2.31. The van der Waals surface area contributed by atoms with Crippen LogP contribution in [0.25, 0.3) is 0 Å². The second-order valence-corrected chi connectivity index (χ2v) is 5.75. The van der Waals surface area contributed by atoms with Gasteiger partial charge in [0.25, 0.3) is 0 Å². The SMILES string of the molecule is C=C(OC1CC(C)(C)NC(C)(C)C1)C(=O)[O-]. The van der Waals surface area contributed by atoms with Gasteiger partial charge in [-0.2, -0.15) is 0 Å². The molecule has 92 valence electrons. The molecule has 0 aromatic heterocycles. The highest BCUT2D eigenvalue weighted by molar-refractivity contribution is 5.81. The van der Waals surface area contributed by atoms with Crippen molar-refractivity contribution in [1.82, 2.24) is 5.32 Å². The van der Waals surface area contributed by atoms with Crippen molar-refractivity contribution in [2.75, 3.05) is 0 Å². The Kier molecular flexibility index (Phi) is 3.33. The maximum absolute atomic E-state index is 10.5. The average molecular weight is 226 g/mol. The third-order valence-corrected chi connectivity index (χ3v) is 2.69. The van der Waals surface area contributed by atoms with E-state index in [2.05, 4.69) is 39.6 Å². The summed E-state index contributed by atoms with van der Waals surface area (Å²) in [6.45, 7) is 11.6. The van der Waals surface area contributed by atoms with Crippen LogP contribution in [0.5, 0.6) is 0 Å². The second kappa shape index (κ2) is 4.09. The number of hydrogen-bond acceptors (Lipinski definition) is 4. The molecular formula is C12H20NO3-. The smallest absolute Gasteiger partial charge is 0.135 e. The van der Waals surface area contributed by atoms with Gasteiger partial charge >= 0.3 is 0 Å². The zero-order valence-electron chi connectivity index (χ0n) is 10.4. The number of hydrogen-bond donors (Lipinski definition) is 1. The first-order chi connectivity index (χ1) is 7.11. The van der Waals surface area contributed by atoms with Gasteiger partial charge < -0.3 is 20.0 Å². The van der Waals surface area contributed by atoms with Crippen molar-refractivity contribution in [3.05, 3.63) is 12.3 Å². The third kappa shape index (κ3) is 3.52. The lowest BCUT2D eigenvalue weighted by molar-refractivity contribution is -0.304. The first kappa shape index (κ1) is 13.0. The van der Waals surface area contributed by atoms with E-state index in [4.69, 9.17) is 4.74 Å². The minimum Gasteiger partial charge on any atom is -0.542 e. The summed E-state index contributed by atoms with van der Waals surface area (Å²) in [6.07, 6.45) is 1.38. The number of piperidine rings is 1. The van der Waals surface area contributed by atoms with Crippen LogP contribution in [-0.2, 0) is 9.53 Å². The number of carboxylic acid groups (broad SMARTS) is 1. The van der Waals surface area contributed by atoms with Crippen LogP contribution in [0, 0.1) is 0 Å². The third-order valence-electron chi connectivity index (χ3n) is 2.69. The molecule has 4 heteroatoms. The molecule has 0 atom stereocenters. The van der Waals surface area contributed by atoms with Crippen LogP contribution in [0.3, 0.4) is 0 Å². The molecule has 0 amide bonds. The Hall–Kier alpha value is -1.03. The molecule has 1 fully saturated rings. The van der Waals surface area contributed by atoms with E-state index in [9.17, 15) is 9.90 Å². The van der Waals surface area contributed by atoms with Gasteiger partial charge in [0.2, 0.25) is 0 Å². The van der Waals surface area contributed by atoms with E-state index in [1.165, 1.54) is 0 Å². The van der Waals surface area contributed by atoms with Gasteiger partial charge in [-0.3, -0.25) is 0 Å². The van der Waals surface area contributed by atoms with Gasteiger partial charge in [0.15, 0.2) is 0 Å². The molecule has 0 aromatic rings. The van der Waals surface area contributed by atoms with Crippen LogP contribution >= 0.6 is 0 Å². The summed E-state index contributed by atoms with van der Waals surface area (Å²) in [5.41, 5.74) is -0.142. The summed E-state index contributed by atoms with van der Waals surface area (Å²) in [7, 11) is 0. The Morgan fingerprint density at radius 2 is 1.75 bits per heavy atom. The molecule has 0 bridgehead atoms. The van der Waals surface area contributed by atoms with Crippen molar-refractivity contribution in [1.29, 1.82) is 0 Å². The van der Waals surface area contributed by atoms with Crippen LogP contribution in [0.15, 0.2) is 12.3 Å². The van der Waals surface area contributed by atoms with E-state index in [0.717, 1.165) is 12.8 Å². The molecular weight excluding hydrogens is 206 g/mol. The molecule has 0 aromatic carbocycles. The summed E-state index contributed by atoms with van der Waals surface area (Å²) in [6, 6.07) is 0. The molecule has 1 aliphatic rings. The van der Waals surface area contributed by atoms with Crippen molar-refractivity contribution in [3.8, 4) is 0 Å². The van der Waals surface area contributed by atoms with Gasteiger partial charge in [0.1, 0.15) is 17.8 Å². The Morgan fingerprint density at radius 3 is 2.12 bits per heavy atom. The van der Waals surface area contributed by atoms with Crippen LogP contribution in [0.4, 0.5) is 0 Å². The average Bonchev–Trinajstić information content (AvgIpc) is 1.96. The zero-order chi connectivity index (χ0) is 12.6. The summed E-state index contributed by atoms with van der Waals surface area (Å²) in [5, 5.41) is 14.0. The Bertz CT molecular complexity index is 291. The first-order valence-corrected chi connectivity index (χ1v) is 5.48. The molecule has 1 rings (SSSR count). The lowest BCUT2D eigenvalue weighted by Crippen LogP contribution is -2.59. The predicted molar refractivity (Wildman–Crippen MR) is 59.5 cm³/mol. The van der Waals surface area contributed by atoms with Gasteiger partial charge in [-0.05, 0) is 27.7 Å². The molecule has 1 saturated heterocycles. The van der Waals surface area contributed by atoms with Crippen molar-refractivity contribution >= 4 is 5.97 Å². The van der Waals surface area contributed by atoms with Crippen LogP contribution in [0.2, 0.25) is 0 Å². The Morgan fingerprint density at radius 1 is 1.31 bits per heavy atom. The van der Waals surface area contributed by atoms with Crippen molar-refractivity contribution in [3.63, 3.8) is 0 Å². The maximum Gasteiger partial charge on any atom is 0.135 e. The molecule has 0 saturated carbocycles. The Balaban J connectivity index is 2.68. The highest BCUT2D eigenvalue weighted by atomic mass is 16.5. The molecule has 1 heterocycles. The minimum absolute atomic E-state index is 0.0708. The second-order valence-electron chi connectivity index (χ2n) is 5.75. The van der Waals surface area contributed by atoms with Gasteiger partial charge in [0.05, 0.1) is 0 Å². The number of aliphatic carboxylic acids is 1. The molecule has 0 spiro atoms. The van der Waals surface area contributed by atoms with Crippen LogP contribution in [0.1, 0.15) is 40.5 Å². The van der Waals surface area contributed by atoms with Crippen molar-refractivity contribution in [2.24, 2.45) is 0 Å². The lowest BCUT2D eigenvalue weighted by Gasteiger charge is -2.46. The molecule has 4 nitrogen and oxygen atoms in total. The van der Waals surface area contributed by atoms with Gasteiger partial charge in [-0.25, -0.2) is 0 Å². The van der Waals surface area contributed by atoms with E-state index in [0.29, 0.717) is 0 Å². The standard InChI is InChI=1S/C12H21NO3/c1-8(10(14)15)16-9-6-11(2,3)13-12(4,5)7-9/h9,13H,1,6-7H2,2-5H3,(H,14,15)/p-1. The highest BCUT2D eigenvalue weighted by Gasteiger charge is 2.38. The number of carbonyl (C=O) groups excluding carboxylic acids is 1. The monoisotopic (exact) mass is 226 g/mol. The van der Waals surface area contributed by atoms with Gasteiger partial charge in [-0.1, -0.05) is 6.58 Å². The van der Waals surface area contributed by atoms with E-state index < -0.39 is 5.97 Å². The lowest BCUT2D eigenvalue weighted by atomic mass is 9.81. The number of nitrogens with one attached hydrogen (secondary N) is 1. The van der Waals surface area contributed by atoms with Crippen molar-refractivity contribution in [2.45, 2.75) is 57.7 Å². The molecule has 0 radical (unpaired) electrons. The number of carbonyl (C=O) groups is 1. The normalized spacial score (nSPS) is 23.8. The maximum atomic E-state index is 10.5. The topological polar surface area (TPSA) is 61.4 Å². The quantitative estimate of drug-likeness (QED) is 0.564. The summed E-state index contributed by atoms with van der Waals surface area (Å²) in [4.78, 5) is 10.5. The summed E-state index contributed by atoms with van der Waals surface area (Å²) in [5.74, 6) is -1.62. The van der Waals surface area contributed by atoms with E-state index in [1.54, 1.807) is 0 Å². The molecule has 1 N–H and O–H groups in total. The van der Waals surface area contributed by atoms with Crippen LogP contribution < -0.4 is 10.4 Å². The number of ether oxygens (including phenoxy) is 1. The molecule has 0 unspecified atom stereocenters. The summed E-state index contributed by atoms with van der Waals surface area (Å²) >= 11 is 0. The molecule has 1 aliphatic heterocycles. The first-order valence-electron chi connectivity index (χ1n) is 5.48. The minimum atomic E-state index is -1.34. The fourth-order valence-corrected chi connectivity index (χ4v) is 2.56. The largest absolute Gasteiger partial charge is 0.542 e. The van der Waals surface area contributed by atoms with Gasteiger partial charge in [0, 0.05) is 23.9 Å².